The molecule has 1 aromatic rings. The Labute approximate surface area is 128 Å². The summed E-state index contributed by atoms with van der Waals surface area (Å²) in [5, 5.41) is 3.41. The van der Waals surface area contributed by atoms with Gasteiger partial charge in [0.15, 0.2) is 9.84 Å². The van der Waals surface area contributed by atoms with Crippen molar-refractivity contribution in [3.63, 3.8) is 0 Å². The van der Waals surface area contributed by atoms with Gasteiger partial charge in [-0.1, -0.05) is 12.1 Å². The molecule has 21 heavy (non-hydrogen) atoms. The molecule has 5 heteroatoms. The zero-order chi connectivity index (χ0) is 15.5. The van der Waals surface area contributed by atoms with Crippen LogP contribution in [0.1, 0.15) is 32.8 Å². The highest BCUT2D eigenvalue weighted by atomic mass is 32.2. The van der Waals surface area contributed by atoms with E-state index in [1.54, 1.807) is 0 Å². The molecule has 1 heterocycles. The minimum atomic E-state index is -2.85. The van der Waals surface area contributed by atoms with Gasteiger partial charge in [0.2, 0.25) is 0 Å². The standard InChI is InChI=1S/C16H26N2O2S/c1-4-18(5-2)15-8-6-14(7-9-15)12-17-16(3)10-11-21(19,20)13-16/h6-9,17H,4-5,10-13H2,1-3H3. The number of hydrogen-bond acceptors (Lipinski definition) is 4. The summed E-state index contributed by atoms with van der Waals surface area (Å²) in [5.41, 5.74) is 2.14. The largest absolute Gasteiger partial charge is 0.372 e. The summed E-state index contributed by atoms with van der Waals surface area (Å²) in [7, 11) is -2.85. The van der Waals surface area contributed by atoms with E-state index in [2.05, 4.69) is 48.3 Å². The van der Waals surface area contributed by atoms with Crippen molar-refractivity contribution in [2.75, 3.05) is 29.5 Å². The highest BCUT2D eigenvalue weighted by molar-refractivity contribution is 7.91. The van der Waals surface area contributed by atoms with Gasteiger partial charge in [0.1, 0.15) is 0 Å². The van der Waals surface area contributed by atoms with E-state index in [0.717, 1.165) is 13.1 Å². The van der Waals surface area contributed by atoms with Crippen LogP contribution in [0.2, 0.25) is 0 Å². The molecule has 4 nitrogen and oxygen atoms in total. The van der Waals surface area contributed by atoms with E-state index < -0.39 is 9.84 Å². The van der Waals surface area contributed by atoms with Gasteiger partial charge in [0, 0.05) is 30.9 Å². The van der Waals surface area contributed by atoms with Crippen LogP contribution in [-0.2, 0) is 16.4 Å². The highest BCUT2D eigenvalue weighted by Gasteiger charge is 2.37. The number of sulfone groups is 1. The van der Waals surface area contributed by atoms with Gasteiger partial charge < -0.3 is 10.2 Å². The monoisotopic (exact) mass is 310 g/mol. The van der Waals surface area contributed by atoms with E-state index in [-0.39, 0.29) is 11.3 Å². The molecule has 1 atom stereocenters. The second-order valence-corrected chi connectivity index (χ2v) is 8.28. The zero-order valence-corrected chi connectivity index (χ0v) is 14.0. The van der Waals surface area contributed by atoms with E-state index >= 15 is 0 Å². The lowest BCUT2D eigenvalue weighted by Crippen LogP contribution is -2.42. The van der Waals surface area contributed by atoms with Crippen LogP contribution in [0.4, 0.5) is 5.69 Å². The van der Waals surface area contributed by atoms with Crippen molar-refractivity contribution in [3.8, 4) is 0 Å². The third kappa shape index (κ3) is 4.20. The first-order valence-electron chi connectivity index (χ1n) is 7.67. The smallest absolute Gasteiger partial charge is 0.152 e. The topological polar surface area (TPSA) is 49.4 Å². The van der Waals surface area contributed by atoms with Gasteiger partial charge in [-0.15, -0.1) is 0 Å². The molecule has 1 unspecified atom stereocenters. The lowest BCUT2D eigenvalue weighted by molar-refractivity contribution is 0.395. The molecule has 1 aromatic carbocycles. The molecule has 1 fully saturated rings. The number of benzene rings is 1. The summed E-state index contributed by atoms with van der Waals surface area (Å²) in [6.07, 6.45) is 0.701. The van der Waals surface area contributed by atoms with Crippen LogP contribution < -0.4 is 10.2 Å². The van der Waals surface area contributed by atoms with Gasteiger partial charge in [-0.2, -0.15) is 0 Å². The molecular weight excluding hydrogens is 284 g/mol. The lowest BCUT2D eigenvalue weighted by atomic mass is 10.0. The van der Waals surface area contributed by atoms with Crippen LogP contribution in [0.3, 0.4) is 0 Å². The zero-order valence-electron chi connectivity index (χ0n) is 13.2. The molecule has 1 aliphatic heterocycles. The van der Waals surface area contributed by atoms with Crippen LogP contribution in [-0.4, -0.2) is 38.6 Å². The summed E-state index contributed by atoms with van der Waals surface area (Å²) in [6.45, 7) is 9.03. The maximum atomic E-state index is 11.6. The molecule has 0 amide bonds. The van der Waals surface area contributed by atoms with Crippen LogP contribution in [0.15, 0.2) is 24.3 Å². The summed E-state index contributed by atoms with van der Waals surface area (Å²) in [6, 6.07) is 8.51. The third-order valence-electron chi connectivity index (χ3n) is 4.29. The first kappa shape index (κ1) is 16.3. The average Bonchev–Trinajstić information content (AvgIpc) is 2.74. The molecule has 0 spiro atoms. The van der Waals surface area contributed by atoms with Crippen molar-refractivity contribution >= 4 is 15.5 Å². The average molecular weight is 310 g/mol. The van der Waals surface area contributed by atoms with Gasteiger partial charge in [-0.25, -0.2) is 8.42 Å². The molecule has 0 bridgehead atoms. The maximum absolute atomic E-state index is 11.6. The molecule has 118 valence electrons. The molecule has 2 rings (SSSR count). The minimum Gasteiger partial charge on any atom is -0.372 e. The number of rotatable bonds is 6. The fourth-order valence-electron chi connectivity index (χ4n) is 2.88. The van der Waals surface area contributed by atoms with Crippen molar-refractivity contribution in [1.29, 1.82) is 0 Å². The predicted molar refractivity (Wildman–Crippen MR) is 88.5 cm³/mol. The third-order valence-corrected chi connectivity index (χ3v) is 6.19. The molecule has 0 aromatic heterocycles. The van der Waals surface area contributed by atoms with Crippen molar-refractivity contribution in [2.45, 2.75) is 39.3 Å². The van der Waals surface area contributed by atoms with E-state index in [0.29, 0.717) is 18.7 Å². The molecule has 1 aliphatic rings. The Morgan fingerprint density at radius 1 is 1.19 bits per heavy atom. The van der Waals surface area contributed by atoms with Crippen LogP contribution >= 0.6 is 0 Å². The maximum Gasteiger partial charge on any atom is 0.152 e. The van der Waals surface area contributed by atoms with Crippen molar-refractivity contribution in [2.24, 2.45) is 0 Å². The molecule has 1 saturated heterocycles. The number of anilines is 1. The number of nitrogens with one attached hydrogen (secondary N) is 1. The van der Waals surface area contributed by atoms with Crippen LogP contribution in [0, 0.1) is 0 Å². The van der Waals surface area contributed by atoms with E-state index in [9.17, 15) is 8.42 Å². The molecule has 0 radical (unpaired) electrons. The van der Waals surface area contributed by atoms with Crippen LogP contribution in [0.5, 0.6) is 0 Å². The summed E-state index contributed by atoms with van der Waals surface area (Å²) in [5.74, 6) is 0.551. The normalized spacial score (nSPS) is 24.1. The quantitative estimate of drug-likeness (QED) is 0.875. The van der Waals surface area contributed by atoms with E-state index in [1.165, 1.54) is 11.3 Å². The molecule has 0 saturated carbocycles. The Morgan fingerprint density at radius 2 is 1.81 bits per heavy atom. The Hall–Kier alpha value is -1.07. The summed E-state index contributed by atoms with van der Waals surface area (Å²) >= 11 is 0. The SMILES string of the molecule is CCN(CC)c1ccc(CNC2(C)CCS(=O)(=O)C2)cc1. The fraction of sp³-hybridized carbons (Fsp3) is 0.625. The first-order valence-corrected chi connectivity index (χ1v) is 9.49. The molecule has 1 N–H and O–H groups in total. The van der Waals surface area contributed by atoms with Gasteiger partial charge >= 0.3 is 0 Å². The second kappa shape index (κ2) is 6.36. The van der Waals surface area contributed by atoms with Crippen molar-refractivity contribution < 1.29 is 8.42 Å². The van der Waals surface area contributed by atoms with Crippen LogP contribution in [0.25, 0.3) is 0 Å². The predicted octanol–water partition coefficient (Wildman–Crippen LogP) is 2.20. The van der Waals surface area contributed by atoms with Gasteiger partial charge in [0.05, 0.1) is 11.5 Å². The van der Waals surface area contributed by atoms with Gasteiger partial charge in [0.25, 0.3) is 0 Å². The minimum absolute atomic E-state index is 0.248. The Kier molecular flexibility index (Phi) is 4.94. The lowest BCUT2D eigenvalue weighted by Gasteiger charge is -2.24. The highest BCUT2D eigenvalue weighted by Crippen LogP contribution is 2.23. The van der Waals surface area contributed by atoms with Crippen molar-refractivity contribution in [3.05, 3.63) is 29.8 Å². The van der Waals surface area contributed by atoms with Gasteiger partial charge in [-0.3, -0.25) is 0 Å². The molecule has 0 aliphatic carbocycles. The van der Waals surface area contributed by atoms with E-state index in [4.69, 9.17) is 0 Å². The fourth-order valence-corrected chi connectivity index (χ4v) is 5.00. The first-order chi connectivity index (χ1) is 9.87. The summed E-state index contributed by atoms with van der Waals surface area (Å²) in [4.78, 5) is 2.31. The van der Waals surface area contributed by atoms with Gasteiger partial charge in [-0.05, 0) is 44.9 Å². The number of hydrogen-bond donors (Lipinski definition) is 1. The van der Waals surface area contributed by atoms with Crippen molar-refractivity contribution in [1.82, 2.24) is 5.32 Å². The van der Waals surface area contributed by atoms with E-state index in [1.807, 2.05) is 6.92 Å². The molecular formula is C16H26N2O2S. The second-order valence-electron chi connectivity index (χ2n) is 6.09. The Morgan fingerprint density at radius 3 is 2.29 bits per heavy atom. The summed E-state index contributed by atoms with van der Waals surface area (Å²) < 4.78 is 23.2. The Balaban J connectivity index is 1.95. The Bertz CT molecular complexity index is 564. The number of nitrogens with zero attached hydrogens (tertiary/aromatic N) is 1.